The van der Waals surface area contributed by atoms with Crippen LogP contribution in [0.15, 0.2) is 54.6 Å². The zero-order valence-electron chi connectivity index (χ0n) is 22.9. The van der Waals surface area contributed by atoms with Gasteiger partial charge in [0, 0.05) is 18.0 Å². The van der Waals surface area contributed by atoms with Crippen LogP contribution in [0.3, 0.4) is 0 Å². The van der Waals surface area contributed by atoms with Gasteiger partial charge in [-0.15, -0.1) is 0 Å². The number of aromatic nitrogens is 2. The number of halogens is 1. The van der Waals surface area contributed by atoms with Crippen LogP contribution in [0.5, 0.6) is 5.75 Å². The summed E-state index contributed by atoms with van der Waals surface area (Å²) in [5.41, 5.74) is 1.78. The maximum atomic E-state index is 13.3. The predicted octanol–water partition coefficient (Wildman–Crippen LogP) is 6.88. The fourth-order valence-corrected chi connectivity index (χ4v) is 4.07. The van der Waals surface area contributed by atoms with Crippen molar-refractivity contribution in [3.05, 3.63) is 65.3 Å². The van der Waals surface area contributed by atoms with Crippen LogP contribution in [-0.2, 0) is 10.2 Å². The van der Waals surface area contributed by atoms with Crippen LogP contribution in [0, 0.1) is 0 Å². The molecule has 1 aromatic heterocycles. The molecule has 38 heavy (non-hydrogen) atoms. The van der Waals surface area contributed by atoms with Crippen molar-refractivity contribution in [3.8, 4) is 11.4 Å². The number of amides is 3. The third-order valence-electron chi connectivity index (χ3n) is 5.91. The number of hydrogen-bond acceptors (Lipinski definition) is 4. The highest BCUT2D eigenvalue weighted by Gasteiger charge is 2.24. The van der Waals surface area contributed by atoms with Crippen LogP contribution >= 0.6 is 11.6 Å². The molecule has 0 bridgehead atoms. The van der Waals surface area contributed by atoms with Crippen molar-refractivity contribution in [1.82, 2.24) is 14.7 Å². The van der Waals surface area contributed by atoms with Gasteiger partial charge in [0.05, 0.1) is 28.7 Å². The molecule has 8 nitrogen and oxygen atoms in total. The molecule has 0 aliphatic heterocycles. The third-order valence-corrected chi connectivity index (χ3v) is 6.23. The van der Waals surface area contributed by atoms with Gasteiger partial charge in [0.15, 0.2) is 0 Å². The molecular formula is C29H38ClN5O3. The van der Waals surface area contributed by atoms with E-state index in [-0.39, 0.29) is 23.9 Å². The Hall–Kier alpha value is -3.52. The summed E-state index contributed by atoms with van der Waals surface area (Å²) in [7, 11) is 0. The van der Waals surface area contributed by atoms with Gasteiger partial charge in [-0.1, -0.05) is 76.4 Å². The first kappa shape index (κ1) is 29.0. The lowest BCUT2D eigenvalue weighted by molar-refractivity contribution is -0.116. The predicted molar refractivity (Wildman–Crippen MR) is 154 cm³/mol. The average Bonchev–Trinajstić information content (AvgIpc) is 3.29. The normalized spacial score (nSPS) is 11.2. The summed E-state index contributed by atoms with van der Waals surface area (Å²) in [6, 6.07) is 16.1. The molecule has 204 valence electrons. The van der Waals surface area contributed by atoms with Crippen LogP contribution in [0.25, 0.3) is 5.69 Å². The highest BCUT2D eigenvalue weighted by molar-refractivity contribution is 6.32. The van der Waals surface area contributed by atoms with E-state index in [4.69, 9.17) is 21.4 Å². The largest absolute Gasteiger partial charge is 0.492 e. The molecule has 0 atom stereocenters. The lowest BCUT2D eigenvalue weighted by Crippen LogP contribution is -2.41. The van der Waals surface area contributed by atoms with Gasteiger partial charge in [0.1, 0.15) is 18.1 Å². The fraction of sp³-hybridized carbons (Fsp3) is 0.414. The third kappa shape index (κ3) is 7.74. The molecule has 3 rings (SSSR count). The van der Waals surface area contributed by atoms with Crippen LogP contribution in [-0.4, -0.2) is 46.3 Å². The smallest absolute Gasteiger partial charge is 0.322 e. The number of carbonyl (C=O) groups is 2. The standard InChI is InChI=1S/C29H38ClN5O3/c1-6-8-13-18-34(28(37)31-22-15-10-12-17-24(22)38-7-2)20-27(36)32-26-19-25(29(3,4)5)33-35(26)23-16-11-9-14-21(23)30/h9-12,14-17,19H,6-8,13,18,20H2,1-5H3,(H,31,37)(H,32,36). The summed E-state index contributed by atoms with van der Waals surface area (Å²) in [6.07, 6.45) is 2.74. The van der Waals surface area contributed by atoms with Crippen LogP contribution < -0.4 is 15.4 Å². The molecule has 1 heterocycles. The lowest BCUT2D eigenvalue weighted by Gasteiger charge is -2.23. The van der Waals surface area contributed by atoms with Gasteiger partial charge in [-0.3, -0.25) is 4.79 Å². The number of hydrogen-bond donors (Lipinski definition) is 2. The molecule has 0 saturated carbocycles. The number of anilines is 2. The number of ether oxygens (including phenoxy) is 1. The Kier molecular flexibility index (Phi) is 10.2. The number of nitrogens with zero attached hydrogens (tertiary/aromatic N) is 3. The van der Waals surface area contributed by atoms with Gasteiger partial charge in [-0.25, -0.2) is 9.48 Å². The Morgan fingerprint density at radius 3 is 2.42 bits per heavy atom. The maximum Gasteiger partial charge on any atom is 0.322 e. The highest BCUT2D eigenvalue weighted by Crippen LogP contribution is 2.29. The van der Waals surface area contributed by atoms with Gasteiger partial charge < -0.3 is 20.3 Å². The summed E-state index contributed by atoms with van der Waals surface area (Å²) in [6.45, 7) is 10.9. The quantitative estimate of drug-likeness (QED) is 0.260. The van der Waals surface area contributed by atoms with Crippen molar-refractivity contribution >= 4 is 35.0 Å². The van der Waals surface area contributed by atoms with Gasteiger partial charge in [0.25, 0.3) is 0 Å². The maximum absolute atomic E-state index is 13.3. The monoisotopic (exact) mass is 539 g/mol. The number of carbonyl (C=O) groups excluding carboxylic acids is 2. The Balaban J connectivity index is 1.82. The van der Waals surface area contributed by atoms with E-state index in [2.05, 4.69) is 38.3 Å². The number of benzene rings is 2. The van der Waals surface area contributed by atoms with Crippen molar-refractivity contribution in [2.45, 2.75) is 59.3 Å². The van der Waals surface area contributed by atoms with E-state index in [0.29, 0.717) is 41.1 Å². The van der Waals surface area contributed by atoms with Gasteiger partial charge in [-0.2, -0.15) is 5.10 Å². The van der Waals surface area contributed by atoms with E-state index >= 15 is 0 Å². The minimum Gasteiger partial charge on any atom is -0.492 e. The van der Waals surface area contributed by atoms with E-state index in [1.807, 2.05) is 43.3 Å². The van der Waals surface area contributed by atoms with E-state index in [0.717, 1.165) is 25.0 Å². The second kappa shape index (κ2) is 13.3. The summed E-state index contributed by atoms with van der Waals surface area (Å²) in [5, 5.41) is 11.1. The zero-order valence-corrected chi connectivity index (χ0v) is 23.6. The van der Waals surface area contributed by atoms with Crippen LogP contribution in [0.2, 0.25) is 5.02 Å². The average molecular weight is 540 g/mol. The molecule has 0 aliphatic carbocycles. The summed E-state index contributed by atoms with van der Waals surface area (Å²) < 4.78 is 7.28. The molecule has 9 heteroatoms. The van der Waals surface area contributed by atoms with Gasteiger partial charge in [-0.05, 0) is 37.6 Å². The molecule has 3 aromatic rings. The van der Waals surface area contributed by atoms with Gasteiger partial charge in [0.2, 0.25) is 5.91 Å². The molecule has 0 aliphatic rings. The second-order valence-electron chi connectivity index (χ2n) is 10.1. The zero-order chi connectivity index (χ0) is 27.7. The number of para-hydroxylation sites is 3. The molecule has 2 aromatic carbocycles. The van der Waals surface area contributed by atoms with Crippen LogP contribution in [0.4, 0.5) is 16.3 Å². The minimum absolute atomic E-state index is 0.120. The molecule has 0 radical (unpaired) electrons. The summed E-state index contributed by atoms with van der Waals surface area (Å²) >= 11 is 6.45. The Morgan fingerprint density at radius 1 is 1.03 bits per heavy atom. The summed E-state index contributed by atoms with van der Waals surface area (Å²) in [4.78, 5) is 28.1. The van der Waals surface area contributed by atoms with Crippen molar-refractivity contribution in [2.75, 3.05) is 30.3 Å². The highest BCUT2D eigenvalue weighted by atomic mass is 35.5. The molecule has 3 amide bonds. The number of rotatable bonds is 11. The first-order valence-electron chi connectivity index (χ1n) is 13.1. The van der Waals surface area contributed by atoms with E-state index < -0.39 is 0 Å². The fourth-order valence-electron chi connectivity index (χ4n) is 3.85. The van der Waals surface area contributed by atoms with Gasteiger partial charge >= 0.3 is 6.03 Å². The van der Waals surface area contributed by atoms with E-state index in [9.17, 15) is 9.59 Å². The number of urea groups is 1. The first-order chi connectivity index (χ1) is 18.1. The van der Waals surface area contributed by atoms with E-state index in [1.165, 1.54) is 4.90 Å². The van der Waals surface area contributed by atoms with Crippen molar-refractivity contribution < 1.29 is 14.3 Å². The lowest BCUT2D eigenvalue weighted by atomic mass is 9.92. The minimum atomic E-state index is -0.363. The van der Waals surface area contributed by atoms with Crippen molar-refractivity contribution in [2.24, 2.45) is 0 Å². The van der Waals surface area contributed by atoms with Crippen LogP contribution in [0.1, 0.15) is 59.6 Å². The van der Waals surface area contributed by atoms with Crippen molar-refractivity contribution in [1.29, 1.82) is 0 Å². The van der Waals surface area contributed by atoms with E-state index in [1.54, 1.807) is 22.9 Å². The Bertz CT molecular complexity index is 1230. The number of unbranched alkanes of at least 4 members (excludes halogenated alkanes) is 2. The SMILES string of the molecule is CCCCCN(CC(=O)Nc1cc(C(C)(C)C)nn1-c1ccccc1Cl)C(=O)Nc1ccccc1OCC. The molecular weight excluding hydrogens is 502 g/mol. The second-order valence-corrected chi connectivity index (χ2v) is 10.5. The molecule has 0 fully saturated rings. The Morgan fingerprint density at radius 2 is 1.74 bits per heavy atom. The molecule has 0 unspecified atom stereocenters. The first-order valence-corrected chi connectivity index (χ1v) is 13.4. The molecule has 0 spiro atoms. The summed E-state index contributed by atoms with van der Waals surface area (Å²) in [5.74, 6) is 0.742. The molecule has 0 saturated heterocycles. The topological polar surface area (TPSA) is 88.5 Å². The Labute approximate surface area is 230 Å². The number of nitrogens with one attached hydrogen (secondary N) is 2. The molecule has 2 N–H and O–H groups in total. The van der Waals surface area contributed by atoms with Crippen molar-refractivity contribution in [3.63, 3.8) is 0 Å².